The van der Waals surface area contributed by atoms with E-state index in [0.29, 0.717) is 12.0 Å². The Morgan fingerprint density at radius 3 is 2.18 bits per heavy atom. The summed E-state index contributed by atoms with van der Waals surface area (Å²) in [7, 11) is 4.26. The predicted molar refractivity (Wildman–Crippen MR) is 75.3 cm³/mol. The summed E-state index contributed by atoms with van der Waals surface area (Å²) >= 11 is 0. The molecule has 0 heterocycles. The van der Waals surface area contributed by atoms with Crippen LogP contribution in [0.2, 0.25) is 0 Å². The van der Waals surface area contributed by atoms with Crippen molar-refractivity contribution < 1.29 is 0 Å². The van der Waals surface area contributed by atoms with Gasteiger partial charge < -0.3 is 10.6 Å². The van der Waals surface area contributed by atoms with E-state index in [0.717, 1.165) is 6.54 Å². The normalized spacial score (nSPS) is 15.1. The van der Waals surface area contributed by atoms with Crippen molar-refractivity contribution in [2.24, 2.45) is 11.7 Å². The fourth-order valence-corrected chi connectivity index (χ4v) is 2.52. The van der Waals surface area contributed by atoms with E-state index in [-0.39, 0.29) is 0 Å². The van der Waals surface area contributed by atoms with Gasteiger partial charge in [-0.1, -0.05) is 19.1 Å². The first kappa shape index (κ1) is 14.2. The highest BCUT2D eigenvalue weighted by atomic mass is 15.1. The number of nitrogens with zero attached hydrogens (tertiary/aromatic N) is 1. The van der Waals surface area contributed by atoms with Crippen LogP contribution >= 0.6 is 0 Å². The second kappa shape index (κ2) is 5.65. The van der Waals surface area contributed by atoms with E-state index in [1.54, 1.807) is 0 Å². The molecule has 0 fully saturated rings. The number of aryl methyl sites for hydroxylation is 1. The Kier molecular flexibility index (Phi) is 4.72. The zero-order valence-electron chi connectivity index (χ0n) is 12.0. The molecule has 0 aliphatic heterocycles. The molecule has 1 aromatic rings. The van der Waals surface area contributed by atoms with Crippen LogP contribution in [0.5, 0.6) is 0 Å². The molecule has 2 atom stereocenters. The molecule has 0 aromatic heterocycles. The molecular weight excluding hydrogens is 208 g/mol. The van der Waals surface area contributed by atoms with Crippen molar-refractivity contribution in [2.45, 2.75) is 33.7 Å². The van der Waals surface area contributed by atoms with Crippen LogP contribution in [0.4, 0.5) is 0 Å². The summed E-state index contributed by atoms with van der Waals surface area (Å²) in [6.45, 7) is 9.53. The molecule has 0 aliphatic carbocycles. The van der Waals surface area contributed by atoms with E-state index in [4.69, 9.17) is 5.73 Å². The molecule has 0 saturated carbocycles. The minimum atomic E-state index is 0.402. The lowest BCUT2D eigenvalue weighted by molar-refractivity contribution is 0.226. The van der Waals surface area contributed by atoms with Crippen molar-refractivity contribution in [3.05, 3.63) is 34.4 Å². The summed E-state index contributed by atoms with van der Waals surface area (Å²) in [6, 6.07) is 4.88. The molecule has 0 bridgehead atoms. The molecule has 1 aromatic carbocycles. The fourth-order valence-electron chi connectivity index (χ4n) is 2.52. The Hall–Kier alpha value is -0.860. The van der Waals surface area contributed by atoms with Crippen molar-refractivity contribution in [1.29, 1.82) is 0 Å². The molecule has 2 nitrogen and oxygen atoms in total. The summed E-state index contributed by atoms with van der Waals surface area (Å²) in [6.07, 6.45) is 0. The Morgan fingerprint density at radius 2 is 1.71 bits per heavy atom. The molecule has 2 N–H and O–H groups in total. The average molecular weight is 234 g/mol. The zero-order valence-corrected chi connectivity index (χ0v) is 12.0. The standard InChI is InChI=1S/C15H26N2/c1-10-7-8-14(13(4)12(10)3)15(17(5)6)11(2)9-16/h7-8,11,15H,9,16H2,1-6H3. The molecule has 0 saturated heterocycles. The molecule has 2 heteroatoms. The summed E-state index contributed by atoms with van der Waals surface area (Å²) in [5.74, 6) is 0.464. The Labute approximate surface area is 106 Å². The van der Waals surface area contributed by atoms with Crippen LogP contribution in [0.1, 0.15) is 35.2 Å². The molecule has 1 rings (SSSR count). The van der Waals surface area contributed by atoms with Crippen LogP contribution in [0.15, 0.2) is 12.1 Å². The van der Waals surface area contributed by atoms with E-state index in [2.05, 4.69) is 58.8 Å². The minimum absolute atomic E-state index is 0.402. The highest BCUT2D eigenvalue weighted by Crippen LogP contribution is 2.31. The van der Waals surface area contributed by atoms with Crippen molar-refractivity contribution in [3.8, 4) is 0 Å². The van der Waals surface area contributed by atoms with E-state index in [1.807, 2.05) is 0 Å². The maximum absolute atomic E-state index is 5.84. The Morgan fingerprint density at radius 1 is 1.12 bits per heavy atom. The summed E-state index contributed by atoms with van der Waals surface area (Å²) in [4.78, 5) is 2.27. The van der Waals surface area contributed by atoms with Crippen LogP contribution in [0.3, 0.4) is 0 Å². The van der Waals surface area contributed by atoms with Crippen LogP contribution < -0.4 is 5.73 Å². The van der Waals surface area contributed by atoms with Gasteiger partial charge in [-0.15, -0.1) is 0 Å². The van der Waals surface area contributed by atoms with Crippen LogP contribution in [-0.2, 0) is 0 Å². The molecule has 0 spiro atoms. The van der Waals surface area contributed by atoms with Crippen LogP contribution in [-0.4, -0.2) is 25.5 Å². The monoisotopic (exact) mass is 234 g/mol. The number of benzene rings is 1. The van der Waals surface area contributed by atoms with Gasteiger partial charge in [-0.25, -0.2) is 0 Å². The lowest BCUT2D eigenvalue weighted by atomic mass is 9.87. The Bertz CT molecular complexity index is 383. The SMILES string of the molecule is Cc1ccc(C(C(C)CN)N(C)C)c(C)c1C. The Balaban J connectivity index is 3.24. The van der Waals surface area contributed by atoms with Crippen molar-refractivity contribution >= 4 is 0 Å². The molecular formula is C15H26N2. The van der Waals surface area contributed by atoms with Gasteiger partial charge in [0.15, 0.2) is 0 Å². The topological polar surface area (TPSA) is 29.3 Å². The predicted octanol–water partition coefficient (Wildman–Crippen LogP) is 2.81. The maximum Gasteiger partial charge on any atom is 0.0382 e. The van der Waals surface area contributed by atoms with Crippen LogP contribution in [0, 0.1) is 26.7 Å². The minimum Gasteiger partial charge on any atom is -0.330 e. The second-order valence-electron chi connectivity index (χ2n) is 5.34. The summed E-state index contributed by atoms with van der Waals surface area (Å²) in [5.41, 5.74) is 11.4. The molecule has 0 radical (unpaired) electrons. The van der Waals surface area contributed by atoms with Gasteiger partial charge in [0.2, 0.25) is 0 Å². The smallest absolute Gasteiger partial charge is 0.0382 e. The van der Waals surface area contributed by atoms with Gasteiger partial charge in [0.1, 0.15) is 0 Å². The molecule has 2 unspecified atom stereocenters. The van der Waals surface area contributed by atoms with Crippen molar-refractivity contribution in [3.63, 3.8) is 0 Å². The first-order valence-electron chi connectivity index (χ1n) is 6.33. The van der Waals surface area contributed by atoms with Gasteiger partial charge in [-0.05, 0) is 69.6 Å². The maximum atomic E-state index is 5.84. The third-order valence-corrected chi connectivity index (χ3v) is 3.89. The van der Waals surface area contributed by atoms with Crippen LogP contribution in [0.25, 0.3) is 0 Å². The largest absolute Gasteiger partial charge is 0.330 e. The first-order valence-corrected chi connectivity index (χ1v) is 6.33. The third kappa shape index (κ3) is 2.88. The van der Waals surface area contributed by atoms with Gasteiger partial charge in [-0.3, -0.25) is 0 Å². The summed E-state index contributed by atoms with van der Waals surface area (Å²) in [5, 5.41) is 0. The number of rotatable bonds is 4. The fraction of sp³-hybridized carbons (Fsp3) is 0.600. The molecule has 96 valence electrons. The van der Waals surface area contributed by atoms with Gasteiger partial charge in [0, 0.05) is 6.04 Å². The van der Waals surface area contributed by atoms with Gasteiger partial charge in [-0.2, -0.15) is 0 Å². The van der Waals surface area contributed by atoms with Gasteiger partial charge in [0.25, 0.3) is 0 Å². The lowest BCUT2D eigenvalue weighted by Crippen LogP contribution is -2.31. The molecule has 17 heavy (non-hydrogen) atoms. The van der Waals surface area contributed by atoms with E-state index < -0.39 is 0 Å². The number of nitrogens with two attached hydrogens (primary N) is 1. The average Bonchev–Trinajstić information content (AvgIpc) is 2.28. The van der Waals surface area contributed by atoms with E-state index in [1.165, 1.54) is 22.3 Å². The van der Waals surface area contributed by atoms with Crippen molar-refractivity contribution in [1.82, 2.24) is 4.90 Å². The first-order chi connectivity index (χ1) is 7.90. The number of hydrogen-bond donors (Lipinski definition) is 1. The second-order valence-corrected chi connectivity index (χ2v) is 5.34. The molecule has 0 aliphatic rings. The zero-order chi connectivity index (χ0) is 13.2. The lowest BCUT2D eigenvalue weighted by Gasteiger charge is -2.31. The van der Waals surface area contributed by atoms with Crippen molar-refractivity contribution in [2.75, 3.05) is 20.6 Å². The molecule has 0 amide bonds. The number of hydrogen-bond acceptors (Lipinski definition) is 2. The quantitative estimate of drug-likeness (QED) is 0.868. The van der Waals surface area contributed by atoms with E-state index >= 15 is 0 Å². The van der Waals surface area contributed by atoms with E-state index in [9.17, 15) is 0 Å². The highest BCUT2D eigenvalue weighted by Gasteiger charge is 2.22. The van der Waals surface area contributed by atoms with Gasteiger partial charge in [0.05, 0.1) is 0 Å². The third-order valence-electron chi connectivity index (χ3n) is 3.89. The highest BCUT2D eigenvalue weighted by molar-refractivity contribution is 5.40. The summed E-state index contributed by atoms with van der Waals surface area (Å²) < 4.78 is 0. The van der Waals surface area contributed by atoms with Gasteiger partial charge >= 0.3 is 0 Å².